The van der Waals surface area contributed by atoms with Crippen molar-refractivity contribution in [2.75, 3.05) is 11.4 Å². The third-order valence-corrected chi connectivity index (χ3v) is 3.03. The highest BCUT2D eigenvalue weighted by Crippen LogP contribution is 2.18. The summed E-state index contributed by atoms with van der Waals surface area (Å²) in [6.07, 6.45) is 1.81. The molecule has 2 aromatic rings. The molecule has 0 saturated heterocycles. The predicted molar refractivity (Wildman–Crippen MR) is 75.4 cm³/mol. The van der Waals surface area contributed by atoms with Crippen molar-refractivity contribution >= 4 is 22.6 Å². The molecule has 1 aromatic heterocycles. The Bertz CT molecular complexity index is 645. The van der Waals surface area contributed by atoms with Crippen molar-refractivity contribution in [1.29, 1.82) is 0 Å². The Morgan fingerprint density at radius 1 is 1.32 bits per heavy atom. The SMILES string of the molecule is CCCCN(C(C)=O)c1cc2ccccc2oc1=O. The average molecular weight is 259 g/mol. The van der Waals surface area contributed by atoms with Crippen LogP contribution in [0.1, 0.15) is 26.7 Å². The Balaban J connectivity index is 2.49. The quantitative estimate of drug-likeness (QED) is 0.793. The predicted octanol–water partition coefficient (Wildman–Crippen LogP) is 2.95. The molecule has 0 unspecified atom stereocenters. The molecule has 1 heterocycles. The van der Waals surface area contributed by atoms with Crippen LogP contribution in [0.25, 0.3) is 11.0 Å². The highest BCUT2D eigenvalue weighted by molar-refractivity contribution is 5.93. The molecule has 0 aliphatic rings. The van der Waals surface area contributed by atoms with E-state index in [-0.39, 0.29) is 5.91 Å². The van der Waals surface area contributed by atoms with Crippen LogP contribution in [0.3, 0.4) is 0 Å². The number of fused-ring (bicyclic) bond motifs is 1. The normalized spacial score (nSPS) is 10.6. The number of carbonyl (C=O) groups is 1. The van der Waals surface area contributed by atoms with Crippen molar-refractivity contribution in [3.8, 4) is 0 Å². The molecule has 2 rings (SSSR count). The zero-order chi connectivity index (χ0) is 13.8. The molecule has 0 aliphatic heterocycles. The number of amides is 1. The zero-order valence-corrected chi connectivity index (χ0v) is 11.2. The molecule has 1 amide bonds. The first-order chi connectivity index (χ1) is 9.13. The Hall–Kier alpha value is -2.10. The van der Waals surface area contributed by atoms with E-state index in [0.29, 0.717) is 17.8 Å². The summed E-state index contributed by atoms with van der Waals surface area (Å²) in [4.78, 5) is 25.2. The highest BCUT2D eigenvalue weighted by Gasteiger charge is 2.16. The van der Waals surface area contributed by atoms with Gasteiger partial charge in [-0.15, -0.1) is 0 Å². The molecule has 4 heteroatoms. The van der Waals surface area contributed by atoms with Crippen LogP contribution in [-0.4, -0.2) is 12.5 Å². The van der Waals surface area contributed by atoms with Gasteiger partial charge in [-0.25, -0.2) is 4.79 Å². The van der Waals surface area contributed by atoms with E-state index in [1.807, 2.05) is 25.1 Å². The summed E-state index contributed by atoms with van der Waals surface area (Å²) in [5.74, 6) is -0.143. The number of hydrogen-bond acceptors (Lipinski definition) is 3. The molecule has 0 fully saturated rings. The Labute approximate surface area is 111 Å². The molecule has 4 nitrogen and oxygen atoms in total. The second kappa shape index (κ2) is 5.69. The third kappa shape index (κ3) is 2.84. The minimum Gasteiger partial charge on any atom is -0.421 e. The fourth-order valence-corrected chi connectivity index (χ4v) is 2.00. The van der Waals surface area contributed by atoms with Gasteiger partial charge in [-0.3, -0.25) is 4.79 Å². The standard InChI is InChI=1S/C15H17NO3/c1-3-4-9-16(11(2)17)13-10-12-7-5-6-8-14(12)19-15(13)18/h5-8,10H,3-4,9H2,1-2H3. The van der Waals surface area contributed by atoms with Crippen LogP contribution in [0.15, 0.2) is 39.5 Å². The van der Waals surface area contributed by atoms with E-state index in [9.17, 15) is 9.59 Å². The summed E-state index contributed by atoms with van der Waals surface area (Å²) >= 11 is 0. The van der Waals surface area contributed by atoms with Crippen molar-refractivity contribution in [2.24, 2.45) is 0 Å². The van der Waals surface area contributed by atoms with Crippen molar-refractivity contribution in [2.45, 2.75) is 26.7 Å². The number of para-hydroxylation sites is 1. The van der Waals surface area contributed by atoms with E-state index in [0.717, 1.165) is 18.2 Å². The van der Waals surface area contributed by atoms with Gasteiger partial charge in [-0.2, -0.15) is 0 Å². The van der Waals surface area contributed by atoms with Gasteiger partial charge in [0.2, 0.25) is 5.91 Å². The molecule has 19 heavy (non-hydrogen) atoms. The highest BCUT2D eigenvalue weighted by atomic mass is 16.4. The minimum absolute atomic E-state index is 0.143. The fraction of sp³-hybridized carbons (Fsp3) is 0.333. The van der Waals surface area contributed by atoms with Gasteiger partial charge in [-0.1, -0.05) is 31.5 Å². The number of carbonyl (C=O) groups excluding carboxylic acids is 1. The zero-order valence-electron chi connectivity index (χ0n) is 11.2. The lowest BCUT2D eigenvalue weighted by Crippen LogP contribution is -2.33. The summed E-state index contributed by atoms with van der Waals surface area (Å²) in [7, 11) is 0. The number of hydrogen-bond donors (Lipinski definition) is 0. The summed E-state index contributed by atoms with van der Waals surface area (Å²) in [6, 6.07) is 9.00. The smallest absolute Gasteiger partial charge is 0.360 e. The third-order valence-electron chi connectivity index (χ3n) is 3.03. The van der Waals surface area contributed by atoms with Gasteiger partial charge in [-0.05, 0) is 18.6 Å². The molecule has 0 atom stereocenters. The largest absolute Gasteiger partial charge is 0.421 e. The first-order valence-electron chi connectivity index (χ1n) is 6.44. The number of unbranched alkanes of at least 4 members (excludes halogenated alkanes) is 1. The lowest BCUT2D eigenvalue weighted by atomic mass is 10.2. The fourth-order valence-electron chi connectivity index (χ4n) is 2.00. The topological polar surface area (TPSA) is 50.5 Å². The van der Waals surface area contributed by atoms with Crippen LogP contribution in [0.4, 0.5) is 5.69 Å². The molecule has 0 N–H and O–H groups in total. The first-order valence-corrected chi connectivity index (χ1v) is 6.44. The van der Waals surface area contributed by atoms with Crippen LogP contribution in [0.5, 0.6) is 0 Å². The molecular weight excluding hydrogens is 242 g/mol. The van der Waals surface area contributed by atoms with Gasteiger partial charge in [0, 0.05) is 18.9 Å². The van der Waals surface area contributed by atoms with E-state index < -0.39 is 5.63 Å². The van der Waals surface area contributed by atoms with Crippen LogP contribution >= 0.6 is 0 Å². The lowest BCUT2D eigenvalue weighted by molar-refractivity contribution is -0.116. The number of benzene rings is 1. The van der Waals surface area contributed by atoms with Gasteiger partial charge >= 0.3 is 5.63 Å². The van der Waals surface area contributed by atoms with Crippen LogP contribution < -0.4 is 10.5 Å². The Kier molecular flexibility index (Phi) is 4.00. The number of anilines is 1. The molecule has 0 bridgehead atoms. The van der Waals surface area contributed by atoms with Crippen LogP contribution in [0, 0.1) is 0 Å². The Morgan fingerprint density at radius 2 is 2.05 bits per heavy atom. The molecule has 100 valence electrons. The second-order valence-corrected chi connectivity index (χ2v) is 4.48. The number of rotatable bonds is 4. The first kappa shape index (κ1) is 13.3. The molecular formula is C15H17NO3. The average Bonchev–Trinajstić information content (AvgIpc) is 2.39. The van der Waals surface area contributed by atoms with E-state index in [1.165, 1.54) is 11.8 Å². The summed E-state index contributed by atoms with van der Waals surface area (Å²) in [5.41, 5.74) is 0.389. The van der Waals surface area contributed by atoms with Crippen molar-refractivity contribution < 1.29 is 9.21 Å². The van der Waals surface area contributed by atoms with Crippen molar-refractivity contribution in [1.82, 2.24) is 0 Å². The van der Waals surface area contributed by atoms with E-state index in [2.05, 4.69) is 0 Å². The number of nitrogens with zero attached hydrogens (tertiary/aromatic N) is 1. The molecule has 0 spiro atoms. The monoisotopic (exact) mass is 259 g/mol. The van der Waals surface area contributed by atoms with Crippen LogP contribution in [0.2, 0.25) is 0 Å². The van der Waals surface area contributed by atoms with Gasteiger partial charge in [0.15, 0.2) is 0 Å². The lowest BCUT2D eigenvalue weighted by Gasteiger charge is -2.19. The van der Waals surface area contributed by atoms with Crippen molar-refractivity contribution in [3.05, 3.63) is 40.8 Å². The van der Waals surface area contributed by atoms with E-state index >= 15 is 0 Å². The van der Waals surface area contributed by atoms with E-state index in [4.69, 9.17) is 4.42 Å². The summed E-state index contributed by atoms with van der Waals surface area (Å²) in [5, 5.41) is 0.819. The van der Waals surface area contributed by atoms with E-state index in [1.54, 1.807) is 12.1 Å². The molecule has 1 aromatic carbocycles. The summed E-state index contributed by atoms with van der Waals surface area (Å²) in [6.45, 7) is 4.04. The minimum atomic E-state index is -0.468. The van der Waals surface area contributed by atoms with Crippen LogP contribution in [-0.2, 0) is 4.79 Å². The maximum absolute atomic E-state index is 12.0. The molecule has 0 radical (unpaired) electrons. The molecule has 0 aliphatic carbocycles. The molecule has 0 saturated carbocycles. The van der Waals surface area contributed by atoms with Gasteiger partial charge in [0.05, 0.1) is 0 Å². The van der Waals surface area contributed by atoms with Crippen molar-refractivity contribution in [3.63, 3.8) is 0 Å². The van der Waals surface area contributed by atoms with Gasteiger partial charge in [0.1, 0.15) is 11.3 Å². The van der Waals surface area contributed by atoms with Gasteiger partial charge in [0.25, 0.3) is 0 Å². The summed E-state index contributed by atoms with van der Waals surface area (Å²) < 4.78 is 5.25. The maximum atomic E-state index is 12.0. The second-order valence-electron chi connectivity index (χ2n) is 4.48. The maximum Gasteiger partial charge on any atom is 0.360 e. The van der Waals surface area contributed by atoms with Gasteiger partial charge < -0.3 is 9.32 Å². The Morgan fingerprint density at radius 3 is 2.74 bits per heavy atom.